The SMILES string of the molecule is CCOC(=O)/C(C#N)=C(\C)c1ccco1. The van der Waals surface area contributed by atoms with Gasteiger partial charge in [-0.1, -0.05) is 0 Å². The van der Waals surface area contributed by atoms with Gasteiger partial charge in [0.25, 0.3) is 0 Å². The van der Waals surface area contributed by atoms with Gasteiger partial charge in [0.2, 0.25) is 0 Å². The normalized spacial score (nSPS) is 11.5. The largest absolute Gasteiger partial charge is 0.465 e. The van der Waals surface area contributed by atoms with Crippen LogP contribution in [0.4, 0.5) is 0 Å². The van der Waals surface area contributed by atoms with E-state index >= 15 is 0 Å². The summed E-state index contributed by atoms with van der Waals surface area (Å²) < 4.78 is 9.84. The monoisotopic (exact) mass is 205 g/mol. The number of nitrogens with zero attached hydrogens (tertiary/aromatic N) is 1. The Kier molecular flexibility index (Phi) is 3.69. The Morgan fingerprint density at radius 2 is 2.40 bits per heavy atom. The second-order valence-corrected chi connectivity index (χ2v) is 2.81. The van der Waals surface area contributed by atoms with E-state index in [1.54, 1.807) is 26.0 Å². The summed E-state index contributed by atoms with van der Waals surface area (Å²) in [5, 5.41) is 8.84. The molecule has 0 aliphatic rings. The highest BCUT2D eigenvalue weighted by atomic mass is 16.5. The first-order chi connectivity index (χ1) is 7.20. The van der Waals surface area contributed by atoms with Gasteiger partial charge in [-0.05, 0) is 26.0 Å². The first kappa shape index (κ1) is 11.1. The molecule has 1 heterocycles. The molecular formula is C11H11NO3. The lowest BCUT2D eigenvalue weighted by molar-refractivity contribution is -0.137. The number of hydrogen-bond acceptors (Lipinski definition) is 4. The number of carbonyl (C=O) groups is 1. The van der Waals surface area contributed by atoms with Gasteiger partial charge in [0.1, 0.15) is 17.4 Å². The van der Waals surface area contributed by atoms with Gasteiger partial charge in [-0.15, -0.1) is 0 Å². The molecule has 0 spiro atoms. The summed E-state index contributed by atoms with van der Waals surface area (Å²) in [7, 11) is 0. The van der Waals surface area contributed by atoms with Gasteiger partial charge in [-0.25, -0.2) is 4.79 Å². The van der Waals surface area contributed by atoms with Crippen molar-refractivity contribution >= 4 is 11.5 Å². The maximum Gasteiger partial charge on any atom is 0.349 e. The molecule has 0 aliphatic heterocycles. The van der Waals surface area contributed by atoms with Gasteiger partial charge in [0, 0.05) is 5.57 Å². The lowest BCUT2D eigenvalue weighted by atomic mass is 10.1. The molecule has 0 bridgehead atoms. The highest BCUT2D eigenvalue weighted by Crippen LogP contribution is 2.19. The van der Waals surface area contributed by atoms with Crippen molar-refractivity contribution in [3.63, 3.8) is 0 Å². The van der Waals surface area contributed by atoms with E-state index < -0.39 is 5.97 Å². The van der Waals surface area contributed by atoms with E-state index in [-0.39, 0.29) is 12.2 Å². The van der Waals surface area contributed by atoms with Crippen molar-refractivity contribution in [2.45, 2.75) is 13.8 Å². The maximum atomic E-state index is 11.4. The van der Waals surface area contributed by atoms with Gasteiger partial charge in [-0.3, -0.25) is 0 Å². The standard InChI is InChI=1S/C11H11NO3/c1-3-14-11(13)9(7-12)8(2)10-5-4-6-15-10/h4-6H,3H2,1-2H3/b9-8+. The van der Waals surface area contributed by atoms with Crippen LogP contribution in [0.25, 0.3) is 5.57 Å². The Labute approximate surface area is 87.8 Å². The predicted molar refractivity (Wildman–Crippen MR) is 53.5 cm³/mol. The summed E-state index contributed by atoms with van der Waals surface area (Å²) in [4.78, 5) is 11.4. The molecule has 15 heavy (non-hydrogen) atoms. The predicted octanol–water partition coefficient (Wildman–Crippen LogP) is 2.14. The van der Waals surface area contributed by atoms with Crippen molar-refractivity contribution < 1.29 is 13.9 Å². The molecule has 1 aromatic heterocycles. The highest BCUT2D eigenvalue weighted by molar-refractivity contribution is 6.00. The lowest BCUT2D eigenvalue weighted by Gasteiger charge is -2.02. The van der Waals surface area contributed by atoms with Crippen molar-refractivity contribution in [2.75, 3.05) is 6.61 Å². The molecule has 78 valence electrons. The fourth-order valence-electron chi connectivity index (χ4n) is 1.10. The average molecular weight is 205 g/mol. The van der Waals surface area contributed by atoms with Crippen LogP contribution in [0.15, 0.2) is 28.4 Å². The molecule has 1 aromatic rings. The summed E-state index contributed by atoms with van der Waals surface area (Å²) in [5.41, 5.74) is 0.466. The molecule has 0 saturated carbocycles. The van der Waals surface area contributed by atoms with E-state index in [2.05, 4.69) is 0 Å². The summed E-state index contributed by atoms with van der Waals surface area (Å²) in [5.74, 6) is -0.117. The van der Waals surface area contributed by atoms with E-state index in [0.717, 1.165) is 0 Å². The molecule has 1 rings (SSSR count). The van der Waals surface area contributed by atoms with Crippen LogP contribution >= 0.6 is 0 Å². The van der Waals surface area contributed by atoms with E-state index in [4.69, 9.17) is 14.4 Å². The van der Waals surface area contributed by atoms with Gasteiger partial charge < -0.3 is 9.15 Å². The topological polar surface area (TPSA) is 63.2 Å². The number of carbonyl (C=O) groups excluding carboxylic acids is 1. The number of furan rings is 1. The van der Waals surface area contributed by atoms with Crippen LogP contribution in [-0.2, 0) is 9.53 Å². The van der Waals surface area contributed by atoms with Gasteiger partial charge in [0.05, 0.1) is 12.9 Å². The Morgan fingerprint density at radius 3 is 2.87 bits per heavy atom. The zero-order chi connectivity index (χ0) is 11.3. The van der Waals surface area contributed by atoms with Crippen molar-refractivity contribution in [2.24, 2.45) is 0 Å². The summed E-state index contributed by atoms with van der Waals surface area (Å²) in [6, 6.07) is 5.20. The van der Waals surface area contributed by atoms with Gasteiger partial charge >= 0.3 is 5.97 Å². The van der Waals surface area contributed by atoms with E-state index in [9.17, 15) is 4.79 Å². The zero-order valence-electron chi connectivity index (χ0n) is 8.61. The van der Waals surface area contributed by atoms with Crippen molar-refractivity contribution in [1.82, 2.24) is 0 Å². The smallest absolute Gasteiger partial charge is 0.349 e. The highest BCUT2D eigenvalue weighted by Gasteiger charge is 2.15. The van der Waals surface area contributed by atoms with Crippen LogP contribution in [-0.4, -0.2) is 12.6 Å². The Bertz CT molecular complexity index is 410. The Hall–Kier alpha value is -2.02. The number of nitriles is 1. The second kappa shape index (κ2) is 5.01. The third-order valence-corrected chi connectivity index (χ3v) is 1.86. The van der Waals surface area contributed by atoms with Gasteiger partial charge in [-0.2, -0.15) is 5.26 Å². The molecule has 4 nitrogen and oxygen atoms in total. The number of rotatable bonds is 3. The quantitative estimate of drug-likeness (QED) is 0.431. The van der Waals surface area contributed by atoms with E-state index in [1.807, 2.05) is 6.07 Å². The second-order valence-electron chi connectivity index (χ2n) is 2.81. The van der Waals surface area contributed by atoms with E-state index in [1.165, 1.54) is 6.26 Å². The third-order valence-electron chi connectivity index (χ3n) is 1.86. The summed E-state index contributed by atoms with van der Waals surface area (Å²) in [6.45, 7) is 3.58. The Balaban J connectivity index is 3.05. The number of allylic oxidation sites excluding steroid dienone is 1. The molecule has 0 fully saturated rings. The molecular weight excluding hydrogens is 194 g/mol. The molecule has 0 N–H and O–H groups in total. The molecule has 0 saturated heterocycles. The van der Waals surface area contributed by atoms with Crippen LogP contribution in [0, 0.1) is 11.3 Å². The molecule has 0 amide bonds. The number of esters is 1. The minimum atomic E-state index is -0.617. The van der Waals surface area contributed by atoms with Crippen LogP contribution in [0.5, 0.6) is 0 Å². The average Bonchev–Trinajstić information content (AvgIpc) is 2.71. The number of ether oxygens (including phenoxy) is 1. The zero-order valence-corrected chi connectivity index (χ0v) is 8.61. The first-order valence-electron chi connectivity index (χ1n) is 4.52. The van der Waals surface area contributed by atoms with Crippen molar-refractivity contribution in [3.8, 4) is 6.07 Å². The molecule has 0 atom stereocenters. The molecule has 0 aromatic carbocycles. The lowest BCUT2D eigenvalue weighted by Crippen LogP contribution is -2.07. The summed E-state index contributed by atoms with van der Waals surface area (Å²) in [6.07, 6.45) is 1.49. The van der Waals surface area contributed by atoms with Gasteiger partial charge in [0.15, 0.2) is 0 Å². The van der Waals surface area contributed by atoms with Crippen LogP contribution in [0.3, 0.4) is 0 Å². The maximum absolute atomic E-state index is 11.4. The van der Waals surface area contributed by atoms with Crippen LogP contribution in [0.2, 0.25) is 0 Å². The molecule has 4 heteroatoms. The van der Waals surface area contributed by atoms with Crippen LogP contribution < -0.4 is 0 Å². The minimum absolute atomic E-state index is 0.0215. The molecule has 0 unspecified atom stereocenters. The van der Waals surface area contributed by atoms with E-state index in [0.29, 0.717) is 11.3 Å². The fraction of sp³-hybridized carbons (Fsp3) is 0.273. The first-order valence-corrected chi connectivity index (χ1v) is 4.52. The third kappa shape index (κ3) is 2.47. The van der Waals surface area contributed by atoms with Crippen molar-refractivity contribution in [1.29, 1.82) is 5.26 Å². The van der Waals surface area contributed by atoms with Crippen LogP contribution in [0.1, 0.15) is 19.6 Å². The Morgan fingerprint density at radius 1 is 1.67 bits per heavy atom. The summed E-state index contributed by atoms with van der Waals surface area (Å²) >= 11 is 0. The molecule has 0 radical (unpaired) electrons. The minimum Gasteiger partial charge on any atom is -0.465 e. The van der Waals surface area contributed by atoms with Crippen molar-refractivity contribution in [3.05, 3.63) is 29.7 Å². The molecule has 0 aliphatic carbocycles. The number of hydrogen-bond donors (Lipinski definition) is 0. The fourth-order valence-corrected chi connectivity index (χ4v) is 1.10.